The van der Waals surface area contributed by atoms with Crippen molar-refractivity contribution < 1.29 is 4.79 Å². The van der Waals surface area contributed by atoms with E-state index in [9.17, 15) is 4.79 Å². The second-order valence-electron chi connectivity index (χ2n) is 3.54. The maximum Gasteiger partial charge on any atom is 0.130 e. The van der Waals surface area contributed by atoms with Crippen molar-refractivity contribution in [3.8, 4) is 6.07 Å². The van der Waals surface area contributed by atoms with E-state index in [1.54, 1.807) is 19.1 Å². The molecule has 72 valence electrons. The molecule has 0 aromatic heterocycles. The third kappa shape index (κ3) is 2.70. The fourth-order valence-corrected chi connectivity index (χ4v) is 1.44. The van der Waals surface area contributed by atoms with Gasteiger partial charge < -0.3 is 4.79 Å². The van der Waals surface area contributed by atoms with Gasteiger partial charge in [-0.3, -0.25) is 0 Å². The van der Waals surface area contributed by atoms with Gasteiger partial charge >= 0.3 is 0 Å². The average Bonchev–Trinajstić information content (AvgIpc) is 2.17. The van der Waals surface area contributed by atoms with Crippen LogP contribution in [-0.4, -0.2) is 5.78 Å². The number of nitrogens with zero attached hydrogens (tertiary/aromatic N) is 1. The van der Waals surface area contributed by atoms with Crippen molar-refractivity contribution in [1.82, 2.24) is 0 Å². The molecule has 0 spiro atoms. The molecule has 0 saturated heterocycles. The Balaban J connectivity index is 2.77. The Bertz CT molecular complexity index is 359. The van der Waals surface area contributed by atoms with E-state index in [0.29, 0.717) is 12.0 Å². The molecule has 0 amide bonds. The number of carbonyl (C=O) groups is 1. The van der Waals surface area contributed by atoms with Crippen LogP contribution in [-0.2, 0) is 4.79 Å². The van der Waals surface area contributed by atoms with Gasteiger partial charge in [0.25, 0.3) is 0 Å². The highest BCUT2D eigenvalue weighted by atomic mass is 16.1. The van der Waals surface area contributed by atoms with Crippen LogP contribution >= 0.6 is 0 Å². The molecule has 0 aliphatic heterocycles. The summed E-state index contributed by atoms with van der Waals surface area (Å²) in [6, 6.07) is 9.45. The first kappa shape index (κ1) is 10.5. The Morgan fingerprint density at radius 3 is 2.43 bits per heavy atom. The minimum absolute atomic E-state index is 0.196. The largest absolute Gasteiger partial charge is 0.300 e. The molecule has 1 aromatic rings. The summed E-state index contributed by atoms with van der Waals surface area (Å²) >= 11 is 0. The van der Waals surface area contributed by atoms with Crippen molar-refractivity contribution in [1.29, 1.82) is 5.26 Å². The molecule has 2 nitrogen and oxygen atoms in total. The fraction of sp³-hybridized carbons (Fsp3) is 0.333. The molecule has 1 unspecified atom stereocenters. The van der Waals surface area contributed by atoms with Gasteiger partial charge in [0.2, 0.25) is 0 Å². The standard InChI is InChI=1S/C12H13NO/c1-9(7-10(2)14)12-5-3-11(8-13)4-6-12/h3-6,9H,7H2,1-2H3. The maximum atomic E-state index is 10.9. The third-order valence-electron chi connectivity index (χ3n) is 2.20. The molecule has 2 heteroatoms. The molecule has 14 heavy (non-hydrogen) atoms. The van der Waals surface area contributed by atoms with E-state index in [-0.39, 0.29) is 11.7 Å². The molecule has 0 radical (unpaired) electrons. The van der Waals surface area contributed by atoms with Crippen LogP contribution in [0.3, 0.4) is 0 Å². The second-order valence-corrected chi connectivity index (χ2v) is 3.54. The molecule has 0 saturated carbocycles. The lowest BCUT2D eigenvalue weighted by Crippen LogP contribution is -2.00. The van der Waals surface area contributed by atoms with Crippen LogP contribution in [0.25, 0.3) is 0 Å². The fourth-order valence-electron chi connectivity index (χ4n) is 1.44. The number of benzene rings is 1. The molecule has 0 N–H and O–H groups in total. The first-order chi connectivity index (χ1) is 6.63. The summed E-state index contributed by atoms with van der Waals surface area (Å²) in [5.41, 5.74) is 1.77. The van der Waals surface area contributed by atoms with Gasteiger partial charge in [-0.1, -0.05) is 19.1 Å². The van der Waals surface area contributed by atoms with E-state index in [4.69, 9.17) is 5.26 Å². The van der Waals surface area contributed by atoms with E-state index in [2.05, 4.69) is 6.07 Å². The predicted octanol–water partition coefficient (Wildman–Crippen LogP) is 2.64. The monoisotopic (exact) mass is 187 g/mol. The molecule has 1 atom stereocenters. The number of ketones is 1. The minimum atomic E-state index is 0.196. The number of carbonyl (C=O) groups excluding carboxylic acids is 1. The maximum absolute atomic E-state index is 10.9. The molecule has 0 aliphatic carbocycles. The summed E-state index contributed by atoms with van der Waals surface area (Å²) in [6.07, 6.45) is 0.561. The summed E-state index contributed by atoms with van der Waals surface area (Å²) in [5, 5.41) is 8.61. The van der Waals surface area contributed by atoms with Crippen molar-refractivity contribution in [3.63, 3.8) is 0 Å². The van der Waals surface area contributed by atoms with Crippen molar-refractivity contribution in [2.24, 2.45) is 0 Å². The summed E-state index contributed by atoms with van der Waals surface area (Å²) in [5.74, 6) is 0.433. The normalized spacial score (nSPS) is 11.8. The lowest BCUT2D eigenvalue weighted by Gasteiger charge is -2.09. The van der Waals surface area contributed by atoms with E-state index >= 15 is 0 Å². The van der Waals surface area contributed by atoms with Gasteiger partial charge in [0.15, 0.2) is 0 Å². The van der Waals surface area contributed by atoms with Crippen molar-refractivity contribution in [2.45, 2.75) is 26.2 Å². The number of hydrogen-bond acceptors (Lipinski definition) is 2. The molecular weight excluding hydrogens is 174 g/mol. The second kappa shape index (κ2) is 4.57. The van der Waals surface area contributed by atoms with Crippen LogP contribution in [0.2, 0.25) is 0 Å². The van der Waals surface area contributed by atoms with Crippen LogP contribution in [0.15, 0.2) is 24.3 Å². The van der Waals surface area contributed by atoms with E-state index in [0.717, 1.165) is 5.56 Å². The van der Waals surface area contributed by atoms with Gasteiger partial charge in [0.05, 0.1) is 11.6 Å². The average molecular weight is 187 g/mol. The zero-order chi connectivity index (χ0) is 10.6. The molecular formula is C12H13NO. The molecule has 0 bridgehead atoms. The number of hydrogen-bond donors (Lipinski definition) is 0. The lowest BCUT2D eigenvalue weighted by molar-refractivity contribution is -0.117. The zero-order valence-electron chi connectivity index (χ0n) is 8.45. The number of nitriles is 1. The topological polar surface area (TPSA) is 40.9 Å². The Kier molecular flexibility index (Phi) is 3.41. The first-order valence-electron chi connectivity index (χ1n) is 4.63. The van der Waals surface area contributed by atoms with Crippen molar-refractivity contribution >= 4 is 5.78 Å². The van der Waals surface area contributed by atoms with Crippen LogP contribution < -0.4 is 0 Å². The number of Topliss-reactive ketones (excluding diaryl/α,β-unsaturated/α-hetero) is 1. The Morgan fingerprint density at radius 1 is 1.43 bits per heavy atom. The van der Waals surface area contributed by atoms with Crippen LogP contribution in [0.5, 0.6) is 0 Å². The van der Waals surface area contributed by atoms with E-state index < -0.39 is 0 Å². The van der Waals surface area contributed by atoms with Crippen LogP contribution in [0, 0.1) is 11.3 Å². The highest BCUT2D eigenvalue weighted by molar-refractivity contribution is 5.76. The lowest BCUT2D eigenvalue weighted by atomic mass is 9.95. The van der Waals surface area contributed by atoms with Gasteiger partial charge in [-0.25, -0.2) is 0 Å². The van der Waals surface area contributed by atoms with Gasteiger partial charge in [-0.05, 0) is 30.5 Å². The summed E-state index contributed by atoms with van der Waals surface area (Å²) in [6.45, 7) is 3.61. The SMILES string of the molecule is CC(=O)CC(C)c1ccc(C#N)cc1. The zero-order valence-corrected chi connectivity index (χ0v) is 8.45. The smallest absolute Gasteiger partial charge is 0.130 e. The summed E-state index contributed by atoms with van der Waals surface area (Å²) in [4.78, 5) is 10.9. The first-order valence-corrected chi connectivity index (χ1v) is 4.63. The Labute approximate surface area is 84.2 Å². The van der Waals surface area contributed by atoms with Gasteiger partial charge in [0, 0.05) is 6.42 Å². The Morgan fingerprint density at radius 2 is 2.00 bits per heavy atom. The van der Waals surface area contributed by atoms with Gasteiger partial charge in [0.1, 0.15) is 5.78 Å². The van der Waals surface area contributed by atoms with Gasteiger partial charge in [-0.15, -0.1) is 0 Å². The molecule has 0 aliphatic rings. The third-order valence-corrected chi connectivity index (χ3v) is 2.20. The molecule has 1 rings (SSSR count). The Hall–Kier alpha value is -1.62. The highest BCUT2D eigenvalue weighted by Gasteiger charge is 2.07. The molecule has 0 heterocycles. The van der Waals surface area contributed by atoms with E-state index in [1.165, 1.54) is 0 Å². The van der Waals surface area contributed by atoms with Crippen LogP contribution in [0.4, 0.5) is 0 Å². The highest BCUT2D eigenvalue weighted by Crippen LogP contribution is 2.19. The van der Waals surface area contributed by atoms with Gasteiger partial charge in [-0.2, -0.15) is 5.26 Å². The summed E-state index contributed by atoms with van der Waals surface area (Å²) in [7, 11) is 0. The number of rotatable bonds is 3. The molecule has 0 fully saturated rings. The summed E-state index contributed by atoms with van der Waals surface area (Å²) < 4.78 is 0. The van der Waals surface area contributed by atoms with Crippen molar-refractivity contribution in [3.05, 3.63) is 35.4 Å². The minimum Gasteiger partial charge on any atom is -0.300 e. The van der Waals surface area contributed by atoms with E-state index in [1.807, 2.05) is 19.1 Å². The van der Waals surface area contributed by atoms with Crippen LogP contribution in [0.1, 0.15) is 37.3 Å². The quantitative estimate of drug-likeness (QED) is 0.729. The predicted molar refractivity (Wildman–Crippen MR) is 54.9 cm³/mol. The molecule has 1 aromatic carbocycles. The van der Waals surface area contributed by atoms with Crippen molar-refractivity contribution in [2.75, 3.05) is 0 Å².